The van der Waals surface area contributed by atoms with Gasteiger partial charge in [0.25, 0.3) is 5.91 Å². The molecule has 2 aromatic rings. The van der Waals surface area contributed by atoms with Gasteiger partial charge < -0.3 is 10.4 Å². The maximum Gasteiger partial charge on any atom is 0.255 e. The van der Waals surface area contributed by atoms with Crippen molar-refractivity contribution in [2.75, 3.05) is 6.61 Å². The minimum absolute atomic E-state index is 0.0333. The van der Waals surface area contributed by atoms with E-state index in [1.54, 1.807) is 23.7 Å². The van der Waals surface area contributed by atoms with E-state index in [1.165, 1.54) is 12.1 Å². The fourth-order valence-corrected chi connectivity index (χ4v) is 2.60. The lowest BCUT2D eigenvalue weighted by atomic mass is 10.1. The minimum Gasteiger partial charge on any atom is -0.396 e. The zero-order valence-electron chi connectivity index (χ0n) is 13.6. The highest BCUT2D eigenvalue weighted by Crippen LogP contribution is 2.18. The first-order chi connectivity index (χ1) is 11.0. The molecule has 1 atom stereocenters. The largest absolute Gasteiger partial charge is 0.396 e. The average Bonchev–Trinajstić information content (AvgIpc) is 2.82. The summed E-state index contributed by atoms with van der Waals surface area (Å²) in [6, 6.07) is 5.90. The van der Waals surface area contributed by atoms with Gasteiger partial charge in [0.1, 0.15) is 5.82 Å². The number of carbonyl (C=O) groups excluding carboxylic acids is 1. The van der Waals surface area contributed by atoms with Crippen LogP contribution in [0.3, 0.4) is 0 Å². The molecule has 1 amide bonds. The molecule has 0 aliphatic rings. The average molecular weight is 319 g/mol. The quantitative estimate of drug-likeness (QED) is 0.860. The normalized spacial score (nSPS) is 12.2. The first-order valence-electron chi connectivity index (χ1n) is 7.71. The second kappa shape index (κ2) is 7.37. The standard InChI is InChI=1S/C17H22FN3O2/c1-4-14(9-10-22)19-17(23)16-11(2)20-21(12(16)3)15-7-5-13(18)6-8-15/h5-8,14,22H,4,9-10H2,1-3H3,(H,19,23). The molecule has 6 heteroatoms. The molecule has 0 spiro atoms. The molecule has 2 rings (SSSR count). The Morgan fingerprint density at radius 1 is 1.35 bits per heavy atom. The van der Waals surface area contributed by atoms with E-state index in [-0.39, 0.29) is 24.4 Å². The molecule has 0 fully saturated rings. The Morgan fingerprint density at radius 3 is 2.57 bits per heavy atom. The van der Waals surface area contributed by atoms with Crippen LogP contribution in [0.25, 0.3) is 5.69 Å². The third kappa shape index (κ3) is 3.76. The van der Waals surface area contributed by atoms with Gasteiger partial charge in [0.15, 0.2) is 0 Å². The Morgan fingerprint density at radius 2 is 2.00 bits per heavy atom. The van der Waals surface area contributed by atoms with Crippen LogP contribution in [-0.2, 0) is 0 Å². The number of hydrogen-bond acceptors (Lipinski definition) is 3. The van der Waals surface area contributed by atoms with Crippen LogP contribution in [0.1, 0.15) is 41.5 Å². The van der Waals surface area contributed by atoms with Crippen molar-refractivity contribution >= 4 is 5.91 Å². The molecule has 0 aliphatic carbocycles. The van der Waals surface area contributed by atoms with Crippen molar-refractivity contribution in [1.82, 2.24) is 15.1 Å². The van der Waals surface area contributed by atoms with Crippen molar-refractivity contribution in [2.45, 2.75) is 39.7 Å². The maximum atomic E-state index is 13.1. The van der Waals surface area contributed by atoms with Gasteiger partial charge in [-0.2, -0.15) is 5.10 Å². The predicted molar refractivity (Wildman–Crippen MR) is 86.2 cm³/mol. The lowest BCUT2D eigenvalue weighted by Crippen LogP contribution is -2.35. The summed E-state index contributed by atoms with van der Waals surface area (Å²) in [5, 5.41) is 16.4. The highest BCUT2D eigenvalue weighted by molar-refractivity contribution is 5.96. The van der Waals surface area contributed by atoms with Gasteiger partial charge in [-0.15, -0.1) is 0 Å². The second-order valence-corrected chi connectivity index (χ2v) is 5.52. The number of amides is 1. The lowest BCUT2D eigenvalue weighted by molar-refractivity contribution is 0.0928. The summed E-state index contributed by atoms with van der Waals surface area (Å²) in [5.74, 6) is -0.517. The molecule has 1 heterocycles. The van der Waals surface area contributed by atoms with Gasteiger partial charge in [-0.1, -0.05) is 6.92 Å². The smallest absolute Gasteiger partial charge is 0.255 e. The Hall–Kier alpha value is -2.21. The van der Waals surface area contributed by atoms with Crippen molar-refractivity contribution in [3.05, 3.63) is 47.0 Å². The zero-order valence-corrected chi connectivity index (χ0v) is 13.6. The first-order valence-corrected chi connectivity index (χ1v) is 7.71. The summed E-state index contributed by atoms with van der Waals surface area (Å²) in [4.78, 5) is 12.5. The van der Waals surface area contributed by atoms with E-state index < -0.39 is 0 Å². The van der Waals surface area contributed by atoms with Crippen LogP contribution < -0.4 is 5.32 Å². The van der Waals surface area contributed by atoms with Crippen LogP contribution in [0.4, 0.5) is 4.39 Å². The molecule has 0 saturated carbocycles. The van der Waals surface area contributed by atoms with Crippen molar-refractivity contribution in [1.29, 1.82) is 0 Å². The fraction of sp³-hybridized carbons (Fsp3) is 0.412. The van der Waals surface area contributed by atoms with Gasteiger partial charge in [-0.25, -0.2) is 9.07 Å². The number of carbonyl (C=O) groups is 1. The van der Waals surface area contributed by atoms with Crippen LogP contribution in [0.5, 0.6) is 0 Å². The molecular formula is C17H22FN3O2. The molecule has 1 unspecified atom stereocenters. The number of aryl methyl sites for hydroxylation is 1. The summed E-state index contributed by atoms with van der Waals surface area (Å²) in [6.45, 7) is 5.58. The number of hydrogen-bond donors (Lipinski definition) is 2. The summed E-state index contributed by atoms with van der Waals surface area (Å²) < 4.78 is 14.7. The molecule has 1 aromatic carbocycles. The SMILES string of the molecule is CCC(CCO)NC(=O)c1c(C)nn(-c2ccc(F)cc2)c1C. The third-order valence-electron chi connectivity index (χ3n) is 3.90. The lowest BCUT2D eigenvalue weighted by Gasteiger charge is -2.15. The number of aromatic nitrogens is 2. The fourth-order valence-electron chi connectivity index (χ4n) is 2.60. The molecule has 23 heavy (non-hydrogen) atoms. The summed E-state index contributed by atoms with van der Waals surface area (Å²) in [6.07, 6.45) is 1.27. The van der Waals surface area contributed by atoms with Gasteiger partial charge in [0.2, 0.25) is 0 Å². The Labute approximate surface area is 135 Å². The van der Waals surface area contributed by atoms with E-state index in [1.807, 2.05) is 13.8 Å². The van der Waals surface area contributed by atoms with E-state index in [0.29, 0.717) is 29.1 Å². The molecule has 0 aliphatic heterocycles. The van der Waals surface area contributed by atoms with Crippen LogP contribution in [-0.4, -0.2) is 33.4 Å². The molecule has 5 nitrogen and oxygen atoms in total. The summed E-state index contributed by atoms with van der Waals surface area (Å²) in [7, 11) is 0. The minimum atomic E-state index is -0.317. The van der Waals surface area contributed by atoms with E-state index in [0.717, 1.165) is 6.42 Å². The maximum absolute atomic E-state index is 13.1. The van der Waals surface area contributed by atoms with Crippen molar-refractivity contribution < 1.29 is 14.3 Å². The van der Waals surface area contributed by atoms with E-state index in [9.17, 15) is 9.18 Å². The highest BCUT2D eigenvalue weighted by atomic mass is 19.1. The molecular weight excluding hydrogens is 297 g/mol. The van der Waals surface area contributed by atoms with E-state index >= 15 is 0 Å². The van der Waals surface area contributed by atoms with Gasteiger partial charge in [0.05, 0.1) is 22.6 Å². The van der Waals surface area contributed by atoms with Crippen LogP contribution in [0.15, 0.2) is 24.3 Å². The van der Waals surface area contributed by atoms with Gasteiger partial charge in [-0.05, 0) is 51.0 Å². The molecule has 124 valence electrons. The number of benzene rings is 1. The number of aliphatic hydroxyl groups is 1. The third-order valence-corrected chi connectivity index (χ3v) is 3.90. The highest BCUT2D eigenvalue weighted by Gasteiger charge is 2.21. The van der Waals surface area contributed by atoms with E-state index in [2.05, 4.69) is 10.4 Å². The number of nitrogens with one attached hydrogen (secondary N) is 1. The Bertz CT molecular complexity index is 680. The second-order valence-electron chi connectivity index (χ2n) is 5.52. The number of rotatable bonds is 6. The zero-order chi connectivity index (χ0) is 17.0. The first kappa shape index (κ1) is 17.1. The summed E-state index contributed by atoms with van der Waals surface area (Å²) >= 11 is 0. The molecule has 0 saturated heterocycles. The molecule has 2 N–H and O–H groups in total. The Balaban J connectivity index is 2.30. The van der Waals surface area contributed by atoms with Crippen LogP contribution in [0.2, 0.25) is 0 Å². The monoisotopic (exact) mass is 319 g/mol. The summed E-state index contributed by atoms with van der Waals surface area (Å²) in [5.41, 5.74) is 2.54. The van der Waals surface area contributed by atoms with Crippen LogP contribution in [0, 0.1) is 19.7 Å². The Kier molecular flexibility index (Phi) is 5.50. The number of halogens is 1. The van der Waals surface area contributed by atoms with Crippen molar-refractivity contribution in [3.63, 3.8) is 0 Å². The van der Waals surface area contributed by atoms with Gasteiger partial charge in [-0.3, -0.25) is 4.79 Å². The van der Waals surface area contributed by atoms with Gasteiger partial charge in [0, 0.05) is 12.6 Å². The molecule has 0 bridgehead atoms. The number of nitrogens with zero attached hydrogens (tertiary/aromatic N) is 2. The topological polar surface area (TPSA) is 67.2 Å². The molecule has 1 aromatic heterocycles. The predicted octanol–water partition coefficient (Wildman–Crippen LogP) is 2.52. The van der Waals surface area contributed by atoms with E-state index in [4.69, 9.17) is 5.11 Å². The van der Waals surface area contributed by atoms with Crippen molar-refractivity contribution in [2.24, 2.45) is 0 Å². The van der Waals surface area contributed by atoms with Gasteiger partial charge >= 0.3 is 0 Å². The van der Waals surface area contributed by atoms with Crippen LogP contribution >= 0.6 is 0 Å². The van der Waals surface area contributed by atoms with Crippen molar-refractivity contribution in [3.8, 4) is 5.69 Å². The number of aliphatic hydroxyl groups excluding tert-OH is 1. The molecule has 0 radical (unpaired) electrons.